The van der Waals surface area contributed by atoms with Gasteiger partial charge in [0.05, 0.1) is 42.8 Å². The van der Waals surface area contributed by atoms with E-state index in [-0.39, 0.29) is 74.0 Å². The van der Waals surface area contributed by atoms with Crippen molar-refractivity contribution < 1.29 is 65.1 Å². The van der Waals surface area contributed by atoms with E-state index in [2.05, 4.69) is 109 Å². The summed E-state index contributed by atoms with van der Waals surface area (Å²) in [4.78, 5) is 58.5. The number of hydrogen-bond acceptors (Lipinski definition) is 17. The second-order valence-electron chi connectivity index (χ2n) is 27.8. The van der Waals surface area contributed by atoms with E-state index in [1.807, 2.05) is 109 Å². The molecule has 5 heterocycles. The molecule has 506 valence electrons. The summed E-state index contributed by atoms with van der Waals surface area (Å²) in [5, 5.41) is 9.03. The molecule has 5 aliphatic rings. The van der Waals surface area contributed by atoms with Crippen LogP contribution in [0.25, 0.3) is 0 Å². The number of thioether (sulfide) groups is 2. The number of thiol groups is 1. The molecule has 0 aliphatic carbocycles. The van der Waals surface area contributed by atoms with Gasteiger partial charge in [-0.1, -0.05) is 44.0 Å². The van der Waals surface area contributed by atoms with Crippen molar-refractivity contribution in [2.24, 2.45) is 0 Å². The summed E-state index contributed by atoms with van der Waals surface area (Å²) < 4.78 is 62.6. The summed E-state index contributed by atoms with van der Waals surface area (Å²) in [6.07, 6.45) is 7.46. The predicted molar refractivity (Wildman–Crippen MR) is 371 cm³/mol. The van der Waals surface area contributed by atoms with Gasteiger partial charge < -0.3 is 53.0 Å². The number of amides is 4. The summed E-state index contributed by atoms with van der Waals surface area (Å²) in [6, 6.07) is 24.7. The van der Waals surface area contributed by atoms with Gasteiger partial charge in [-0.2, -0.15) is 8.42 Å². The molecule has 8 rings (SSSR count). The number of aliphatic hydroxyl groups excluding tert-OH is 1. The van der Waals surface area contributed by atoms with E-state index in [9.17, 15) is 27.6 Å². The summed E-state index contributed by atoms with van der Waals surface area (Å²) in [7, 11) is -3.81. The van der Waals surface area contributed by atoms with E-state index >= 15 is 0 Å². The number of ether oxygens (including phenoxy) is 4. The molecule has 3 aromatic carbocycles. The van der Waals surface area contributed by atoms with Gasteiger partial charge in [-0.15, -0.1) is 36.2 Å². The lowest BCUT2D eigenvalue weighted by Gasteiger charge is -2.32. The highest BCUT2D eigenvalue weighted by Crippen LogP contribution is 2.37. The Kier molecular flexibility index (Phi) is 30.6. The van der Waals surface area contributed by atoms with Crippen molar-refractivity contribution in [3.63, 3.8) is 0 Å². The average Bonchev–Trinajstić information content (AvgIpc) is 1.78. The maximum atomic E-state index is 12.4. The number of rotatable bonds is 11. The zero-order chi connectivity index (χ0) is 67.6. The van der Waals surface area contributed by atoms with Crippen LogP contribution in [-0.2, 0) is 42.6 Å². The number of nitrogens with zero attached hydrogens (tertiary/aromatic N) is 4. The van der Waals surface area contributed by atoms with Gasteiger partial charge in [-0.25, -0.2) is 19.2 Å². The number of likely N-dealkylation sites (tertiary alicyclic amines) is 4. The molecule has 4 atom stereocenters. The van der Waals surface area contributed by atoms with Crippen LogP contribution in [0.15, 0.2) is 96.4 Å². The Balaban J connectivity index is 0.000000253. The third kappa shape index (κ3) is 28.7. The Morgan fingerprint density at radius 1 is 0.544 bits per heavy atom. The maximum absolute atomic E-state index is 12.4. The molecule has 0 spiro atoms. The minimum Gasteiger partial charge on any atom is -0.444 e. The van der Waals surface area contributed by atoms with Gasteiger partial charge in [0.25, 0.3) is 10.1 Å². The topological polar surface area (TPSA) is 200 Å². The van der Waals surface area contributed by atoms with Crippen LogP contribution in [0, 0.1) is 0 Å². The summed E-state index contributed by atoms with van der Waals surface area (Å²) in [5.74, 6) is 1.79. The van der Waals surface area contributed by atoms with Gasteiger partial charge in [0.15, 0.2) is 0 Å². The number of aliphatic hydroxyl groups is 1. The number of hydrogen-bond donors (Lipinski definition) is 2. The molecular weight excluding hydrogens is 1360 g/mol. The number of benzene rings is 3. The highest BCUT2D eigenvalue weighted by atomic mass is 79.9. The molecule has 5 fully saturated rings. The Labute approximate surface area is 569 Å². The molecule has 90 heavy (non-hydrogen) atoms. The molecule has 18 nitrogen and oxygen atoms in total. The quantitative estimate of drug-likeness (QED) is 0.0603. The van der Waals surface area contributed by atoms with Gasteiger partial charge in [-0.05, 0) is 228 Å². The van der Waals surface area contributed by atoms with Gasteiger partial charge >= 0.3 is 31.5 Å². The lowest BCUT2D eigenvalue weighted by Crippen LogP contribution is -2.42. The molecule has 1 N–H and O–H groups in total. The predicted octanol–water partition coefficient (Wildman–Crippen LogP) is 14.9. The van der Waals surface area contributed by atoms with E-state index < -0.39 is 38.6 Å². The Hall–Kier alpha value is -3.40. The molecule has 3 aromatic rings. The van der Waals surface area contributed by atoms with E-state index in [4.69, 9.17) is 37.5 Å². The Bertz CT molecular complexity index is 2810. The minimum atomic E-state index is -3.47. The Morgan fingerprint density at radius 2 is 0.844 bits per heavy atom. The minimum absolute atomic E-state index is 0.00191. The first-order valence-corrected chi connectivity index (χ1v) is 36.7. The number of halogens is 2. The summed E-state index contributed by atoms with van der Waals surface area (Å²) >= 11 is 14.4. The molecule has 0 aromatic heterocycles. The second kappa shape index (κ2) is 34.8. The lowest BCUT2D eigenvalue weighted by atomic mass is 9.79. The van der Waals surface area contributed by atoms with Crippen molar-refractivity contribution in [3.05, 3.63) is 81.7 Å². The molecule has 0 bridgehead atoms. The molecule has 0 unspecified atom stereocenters. The Morgan fingerprint density at radius 3 is 1.17 bits per heavy atom. The number of carbonyl (C=O) groups excluding carboxylic acids is 4. The second-order valence-corrected chi connectivity index (χ2v) is 33.9. The van der Waals surface area contributed by atoms with Crippen LogP contribution >= 0.6 is 68.0 Å². The van der Waals surface area contributed by atoms with Crippen molar-refractivity contribution >= 4 is 115 Å². The third-order valence-electron chi connectivity index (χ3n) is 14.6. The zero-order valence-corrected chi connectivity index (χ0v) is 62.6. The van der Waals surface area contributed by atoms with Crippen molar-refractivity contribution in [3.8, 4) is 0 Å². The summed E-state index contributed by atoms with van der Waals surface area (Å²) in [5.41, 5.74) is -1.54. The standard InChI is InChI=1S/C22H34BNO4S.C16H22BrNO2S.C11H21NO5S.C10H19NO3.C6H5BrS/c1-20(2,3)26-19(25)24-14-8-9-17(24)15-29-18-12-10-16(11-13-18)23-27-21(4,5)22(6,7)28-23;1-16(2,3)20-15(19)18-10-4-5-13(18)11-21-14-8-6-12(17)7-9-14;1-11(2,3)17-10(13)12-7-5-6-9(12)8-16-18(4,14)15;1-10(2,3)14-9(13)11-6-4-5-8(11)7-12;7-5-1-3-6(8)4-2-5/h10-13,17H,8-9,14-15H2,1-7H3;6-9,13H,4-5,10-11H2,1-3H3;9H,5-8H2,1-4H3;8,12H,4-7H2,1-3H3;1-4,8H/t17-;13-;9-;8-;/m0000./s1. The van der Waals surface area contributed by atoms with Crippen LogP contribution in [0.2, 0.25) is 0 Å². The van der Waals surface area contributed by atoms with Crippen molar-refractivity contribution in [2.75, 3.05) is 57.2 Å². The lowest BCUT2D eigenvalue weighted by molar-refractivity contribution is 0.00578. The molecule has 4 amide bonds. The van der Waals surface area contributed by atoms with Crippen LogP contribution in [0.4, 0.5) is 19.2 Å². The van der Waals surface area contributed by atoms with Crippen molar-refractivity contribution in [1.29, 1.82) is 0 Å². The largest absolute Gasteiger partial charge is 0.494 e. The molecule has 5 saturated heterocycles. The molecule has 25 heteroatoms. The molecule has 0 saturated carbocycles. The number of carbonyl (C=O) groups is 4. The van der Waals surface area contributed by atoms with E-state index in [0.717, 1.165) is 102 Å². The van der Waals surface area contributed by atoms with Gasteiger partial charge in [0.2, 0.25) is 0 Å². The normalized spacial score (nSPS) is 20.5. The van der Waals surface area contributed by atoms with Crippen molar-refractivity contribution in [1.82, 2.24) is 19.6 Å². The van der Waals surface area contributed by atoms with Gasteiger partial charge in [-0.3, -0.25) is 4.18 Å². The van der Waals surface area contributed by atoms with Crippen LogP contribution in [0.1, 0.15) is 162 Å². The fourth-order valence-corrected chi connectivity index (χ4v) is 12.8. The van der Waals surface area contributed by atoms with Crippen LogP contribution in [0.3, 0.4) is 0 Å². The van der Waals surface area contributed by atoms with Crippen molar-refractivity contribution in [2.45, 2.75) is 235 Å². The third-order valence-corrected chi connectivity index (χ3v) is 18.9. The maximum Gasteiger partial charge on any atom is 0.494 e. The van der Waals surface area contributed by atoms with Crippen LogP contribution < -0.4 is 5.46 Å². The van der Waals surface area contributed by atoms with E-state index in [1.165, 1.54) is 14.7 Å². The van der Waals surface area contributed by atoms with Gasteiger partial charge in [0.1, 0.15) is 22.4 Å². The smallest absolute Gasteiger partial charge is 0.444 e. The van der Waals surface area contributed by atoms with Crippen LogP contribution in [0.5, 0.6) is 0 Å². The van der Waals surface area contributed by atoms with Crippen LogP contribution in [-0.4, -0.2) is 180 Å². The monoisotopic (exact) mass is 1460 g/mol. The average molecular weight is 1460 g/mol. The highest BCUT2D eigenvalue weighted by molar-refractivity contribution is 9.10. The first-order chi connectivity index (χ1) is 41.5. The highest BCUT2D eigenvalue weighted by Gasteiger charge is 2.51. The summed E-state index contributed by atoms with van der Waals surface area (Å²) in [6.45, 7) is 33.5. The fourth-order valence-electron chi connectivity index (χ4n) is 9.56. The van der Waals surface area contributed by atoms with E-state index in [0.29, 0.717) is 13.1 Å². The first kappa shape index (κ1) is 79.0. The fraction of sp³-hybridized carbons (Fsp3) is 0.662. The van der Waals surface area contributed by atoms with Gasteiger partial charge in [0, 0.05) is 73.4 Å². The molecule has 0 radical (unpaired) electrons. The van der Waals surface area contributed by atoms with E-state index in [1.54, 1.807) is 49.2 Å². The SMILES string of the molecule is CC(C)(C)OC(=O)N1CCC[C@H]1CO.CC(C)(C)OC(=O)N1CCC[C@H]1COS(C)(=O)=O.CC(C)(C)OC(=O)N1CCC[C@H]1CSc1ccc(B2OC(C)(C)C(C)(C)O2)cc1.CC(C)(C)OC(=O)N1CCC[C@H]1CSc1ccc(Br)cc1.Sc1ccc(Br)cc1. The first-order valence-electron chi connectivity index (χ1n) is 30.9. The molecule has 5 aliphatic heterocycles. The molecular formula is C65H101BBr2N4O14S4. The zero-order valence-electron chi connectivity index (χ0n) is 56.1.